The van der Waals surface area contributed by atoms with E-state index in [1.807, 2.05) is 0 Å². The molecule has 2 nitrogen and oxygen atoms in total. The van der Waals surface area contributed by atoms with Crippen LogP contribution in [0.25, 0.3) is 0 Å². The highest BCUT2D eigenvalue weighted by Crippen LogP contribution is 2.52. The molecular formula is C15H22O2. The van der Waals surface area contributed by atoms with Crippen LogP contribution in [0, 0.1) is 11.3 Å². The minimum absolute atomic E-state index is 0.349. The third-order valence-electron chi connectivity index (χ3n) is 5.40. The summed E-state index contributed by atoms with van der Waals surface area (Å²) >= 11 is 0. The SMILES string of the molecule is C1=CC2OC1CC21COC(C2CCCCC2)C1. The van der Waals surface area contributed by atoms with Gasteiger partial charge in [0.25, 0.3) is 0 Å². The molecule has 4 atom stereocenters. The van der Waals surface area contributed by atoms with Crippen LogP contribution in [0.4, 0.5) is 0 Å². The van der Waals surface area contributed by atoms with Crippen molar-refractivity contribution in [2.24, 2.45) is 11.3 Å². The largest absolute Gasteiger partial charge is 0.377 e. The van der Waals surface area contributed by atoms with Crippen LogP contribution in [-0.2, 0) is 9.47 Å². The van der Waals surface area contributed by atoms with Gasteiger partial charge in [0, 0.05) is 5.41 Å². The molecular weight excluding hydrogens is 212 g/mol. The summed E-state index contributed by atoms with van der Waals surface area (Å²) in [6, 6.07) is 0. The topological polar surface area (TPSA) is 18.5 Å². The lowest BCUT2D eigenvalue weighted by molar-refractivity contribution is 0.0351. The van der Waals surface area contributed by atoms with Crippen LogP contribution in [0.2, 0.25) is 0 Å². The van der Waals surface area contributed by atoms with Gasteiger partial charge in [-0.3, -0.25) is 0 Å². The zero-order valence-electron chi connectivity index (χ0n) is 10.4. The van der Waals surface area contributed by atoms with Gasteiger partial charge < -0.3 is 9.47 Å². The molecule has 1 saturated carbocycles. The summed E-state index contributed by atoms with van der Waals surface area (Å²) in [7, 11) is 0. The van der Waals surface area contributed by atoms with E-state index in [-0.39, 0.29) is 0 Å². The van der Waals surface area contributed by atoms with Crippen molar-refractivity contribution in [3.8, 4) is 0 Å². The number of fused-ring (bicyclic) bond motifs is 3. The predicted octanol–water partition coefficient (Wildman–Crippen LogP) is 3.07. The van der Waals surface area contributed by atoms with E-state index in [9.17, 15) is 0 Å². The lowest BCUT2D eigenvalue weighted by Gasteiger charge is -2.29. The quantitative estimate of drug-likeness (QED) is 0.649. The summed E-state index contributed by atoms with van der Waals surface area (Å²) in [4.78, 5) is 0. The third kappa shape index (κ3) is 1.61. The van der Waals surface area contributed by atoms with Crippen LogP contribution in [0.1, 0.15) is 44.9 Å². The van der Waals surface area contributed by atoms with Crippen molar-refractivity contribution in [3.63, 3.8) is 0 Å². The number of hydrogen-bond acceptors (Lipinski definition) is 2. The van der Waals surface area contributed by atoms with Gasteiger partial charge in [-0.15, -0.1) is 0 Å². The van der Waals surface area contributed by atoms with Gasteiger partial charge in [-0.05, 0) is 31.6 Å². The van der Waals surface area contributed by atoms with Crippen molar-refractivity contribution in [1.29, 1.82) is 0 Å². The fourth-order valence-electron chi connectivity index (χ4n) is 4.43. The molecule has 1 aliphatic carbocycles. The van der Waals surface area contributed by atoms with E-state index in [2.05, 4.69) is 12.2 Å². The Morgan fingerprint density at radius 2 is 1.88 bits per heavy atom. The molecule has 4 rings (SSSR count). The van der Waals surface area contributed by atoms with E-state index < -0.39 is 0 Å². The van der Waals surface area contributed by atoms with Gasteiger partial charge in [0.1, 0.15) is 0 Å². The molecule has 17 heavy (non-hydrogen) atoms. The summed E-state index contributed by atoms with van der Waals surface area (Å²) < 4.78 is 12.1. The molecule has 2 heteroatoms. The Morgan fingerprint density at radius 1 is 1.00 bits per heavy atom. The maximum Gasteiger partial charge on any atom is 0.0845 e. The van der Waals surface area contributed by atoms with Crippen molar-refractivity contribution < 1.29 is 9.47 Å². The van der Waals surface area contributed by atoms with E-state index in [1.165, 1.54) is 44.9 Å². The molecule has 0 N–H and O–H groups in total. The predicted molar refractivity (Wildman–Crippen MR) is 65.8 cm³/mol. The van der Waals surface area contributed by atoms with Crippen molar-refractivity contribution in [2.75, 3.05) is 6.61 Å². The zero-order chi connectivity index (χ0) is 11.3. The van der Waals surface area contributed by atoms with Crippen LogP contribution >= 0.6 is 0 Å². The molecule has 0 radical (unpaired) electrons. The Hall–Kier alpha value is -0.340. The smallest absolute Gasteiger partial charge is 0.0845 e. The van der Waals surface area contributed by atoms with Crippen molar-refractivity contribution in [1.82, 2.24) is 0 Å². The molecule has 3 heterocycles. The fourth-order valence-corrected chi connectivity index (χ4v) is 4.43. The Morgan fingerprint density at radius 3 is 2.59 bits per heavy atom. The minimum Gasteiger partial charge on any atom is -0.377 e. The summed E-state index contributed by atoms with van der Waals surface area (Å²) in [5, 5.41) is 0. The molecule has 0 aromatic rings. The molecule has 2 bridgehead atoms. The Bertz CT molecular complexity index is 332. The van der Waals surface area contributed by atoms with E-state index in [0.29, 0.717) is 23.7 Å². The molecule has 0 aromatic heterocycles. The van der Waals surface area contributed by atoms with Crippen molar-refractivity contribution >= 4 is 0 Å². The van der Waals surface area contributed by atoms with Gasteiger partial charge in [0.15, 0.2) is 0 Å². The van der Waals surface area contributed by atoms with Gasteiger partial charge >= 0.3 is 0 Å². The Balaban J connectivity index is 1.47. The number of hydrogen-bond donors (Lipinski definition) is 0. The fraction of sp³-hybridized carbons (Fsp3) is 0.867. The van der Waals surface area contributed by atoms with Gasteiger partial charge in [0.05, 0.1) is 24.9 Å². The maximum atomic E-state index is 6.17. The first-order chi connectivity index (χ1) is 8.36. The normalized spacial score (nSPS) is 49.5. The lowest BCUT2D eigenvalue weighted by Crippen LogP contribution is -2.31. The summed E-state index contributed by atoms with van der Waals surface area (Å²) in [6.07, 6.45) is 15.3. The average Bonchev–Trinajstić information content (AvgIpc) is 3.06. The van der Waals surface area contributed by atoms with E-state index in [1.54, 1.807) is 0 Å². The van der Waals surface area contributed by atoms with E-state index >= 15 is 0 Å². The monoisotopic (exact) mass is 234 g/mol. The van der Waals surface area contributed by atoms with Gasteiger partial charge in [-0.2, -0.15) is 0 Å². The summed E-state index contributed by atoms with van der Waals surface area (Å²) in [6.45, 7) is 0.944. The lowest BCUT2D eigenvalue weighted by atomic mass is 9.72. The highest BCUT2D eigenvalue weighted by Gasteiger charge is 2.55. The van der Waals surface area contributed by atoms with Crippen LogP contribution in [0.5, 0.6) is 0 Å². The van der Waals surface area contributed by atoms with Gasteiger partial charge in [-0.25, -0.2) is 0 Å². The highest BCUT2D eigenvalue weighted by molar-refractivity contribution is 5.18. The van der Waals surface area contributed by atoms with E-state index in [4.69, 9.17) is 9.47 Å². The highest BCUT2D eigenvalue weighted by atomic mass is 16.5. The van der Waals surface area contributed by atoms with Crippen LogP contribution in [0.15, 0.2) is 12.2 Å². The first-order valence-corrected chi connectivity index (χ1v) is 7.31. The number of ether oxygens (including phenoxy) is 2. The van der Waals surface area contributed by atoms with E-state index in [0.717, 1.165) is 12.5 Å². The van der Waals surface area contributed by atoms with Crippen LogP contribution < -0.4 is 0 Å². The Kier molecular flexibility index (Phi) is 2.38. The first kappa shape index (κ1) is 10.6. The minimum atomic E-state index is 0.349. The molecule has 3 fully saturated rings. The van der Waals surface area contributed by atoms with Gasteiger partial charge in [0.2, 0.25) is 0 Å². The second kappa shape index (κ2) is 3.83. The molecule has 2 saturated heterocycles. The molecule has 94 valence electrons. The third-order valence-corrected chi connectivity index (χ3v) is 5.40. The number of rotatable bonds is 1. The molecule has 3 aliphatic heterocycles. The van der Waals surface area contributed by atoms with Crippen molar-refractivity contribution in [3.05, 3.63) is 12.2 Å². The maximum absolute atomic E-state index is 6.17. The molecule has 1 spiro atoms. The molecule has 4 unspecified atom stereocenters. The van der Waals surface area contributed by atoms with Crippen molar-refractivity contribution in [2.45, 2.75) is 63.3 Å². The molecule has 0 aromatic carbocycles. The molecule has 0 amide bonds. The average molecular weight is 234 g/mol. The second-order valence-corrected chi connectivity index (χ2v) is 6.50. The second-order valence-electron chi connectivity index (χ2n) is 6.50. The van der Waals surface area contributed by atoms with Crippen LogP contribution in [0.3, 0.4) is 0 Å². The van der Waals surface area contributed by atoms with Gasteiger partial charge in [-0.1, -0.05) is 31.4 Å². The molecule has 4 aliphatic rings. The first-order valence-electron chi connectivity index (χ1n) is 7.31. The van der Waals surface area contributed by atoms with Crippen LogP contribution in [-0.4, -0.2) is 24.9 Å². The zero-order valence-corrected chi connectivity index (χ0v) is 10.4. The standard InChI is InChI=1S/C15H22O2/c1-2-4-11(5-3-1)13-9-15(10-16-13)8-12-6-7-14(15)17-12/h6-7,11-14H,1-5,8-10H2. The Labute approximate surface area is 103 Å². The summed E-state index contributed by atoms with van der Waals surface area (Å²) in [5.74, 6) is 0.839. The summed E-state index contributed by atoms with van der Waals surface area (Å²) in [5.41, 5.74) is 0.349.